The van der Waals surface area contributed by atoms with Gasteiger partial charge in [0.25, 0.3) is 5.91 Å². The van der Waals surface area contributed by atoms with Crippen LogP contribution < -0.4 is 5.32 Å². The minimum Gasteiger partial charge on any atom is -0.466 e. The van der Waals surface area contributed by atoms with Crippen LogP contribution in [0.3, 0.4) is 0 Å². The van der Waals surface area contributed by atoms with Crippen molar-refractivity contribution < 1.29 is 18.7 Å². The molecule has 0 radical (unpaired) electrons. The molecule has 2 aromatic rings. The molecule has 1 amide bonds. The van der Waals surface area contributed by atoms with E-state index in [9.17, 15) is 4.79 Å². The first-order valence-electron chi connectivity index (χ1n) is 11.8. The summed E-state index contributed by atoms with van der Waals surface area (Å²) >= 11 is 0. The van der Waals surface area contributed by atoms with E-state index in [0.717, 1.165) is 62.6 Å². The van der Waals surface area contributed by atoms with Crippen LogP contribution in [-0.2, 0) is 9.47 Å². The van der Waals surface area contributed by atoms with Crippen LogP contribution in [0, 0.1) is 13.8 Å². The molecule has 1 N–H and O–H groups in total. The second-order valence-electron chi connectivity index (χ2n) is 9.50. The largest absolute Gasteiger partial charge is 0.466 e. The van der Waals surface area contributed by atoms with E-state index in [0.29, 0.717) is 24.6 Å². The van der Waals surface area contributed by atoms with Crippen molar-refractivity contribution in [1.82, 2.24) is 10.2 Å². The molecule has 0 unspecified atom stereocenters. The molecule has 1 spiro atoms. The average Bonchev–Trinajstić information content (AvgIpc) is 3.33. The molecule has 0 saturated carbocycles. The van der Waals surface area contributed by atoms with E-state index in [1.807, 2.05) is 44.2 Å². The van der Waals surface area contributed by atoms with E-state index in [4.69, 9.17) is 13.9 Å². The van der Waals surface area contributed by atoms with Gasteiger partial charge in [-0.25, -0.2) is 0 Å². The molecule has 6 heteroatoms. The number of benzene rings is 1. The zero-order valence-electron chi connectivity index (χ0n) is 19.6. The second kappa shape index (κ2) is 10.2. The molecule has 174 valence electrons. The summed E-state index contributed by atoms with van der Waals surface area (Å²) in [4.78, 5) is 14.9. The van der Waals surface area contributed by atoms with Gasteiger partial charge in [0.05, 0.1) is 19.3 Å². The topological polar surface area (TPSA) is 63.9 Å². The van der Waals surface area contributed by atoms with Crippen LogP contribution in [0.15, 0.2) is 40.8 Å². The lowest BCUT2D eigenvalue weighted by Gasteiger charge is -2.32. The summed E-state index contributed by atoms with van der Waals surface area (Å²) in [6.07, 6.45) is 2.96. The molecule has 4 rings (SSSR count). The number of aryl methyl sites for hydroxylation is 2. The summed E-state index contributed by atoms with van der Waals surface area (Å²) in [5.41, 5.74) is 1.56. The number of nitrogens with one attached hydrogen (secondary N) is 1. The Hall–Kier alpha value is -2.15. The maximum absolute atomic E-state index is 12.4. The van der Waals surface area contributed by atoms with Crippen LogP contribution in [0.4, 0.5) is 0 Å². The summed E-state index contributed by atoms with van der Waals surface area (Å²) in [6, 6.07) is 11.8. The van der Waals surface area contributed by atoms with Gasteiger partial charge in [0.15, 0.2) is 0 Å². The summed E-state index contributed by atoms with van der Waals surface area (Å²) in [6.45, 7) is 10.9. The smallest absolute Gasteiger partial charge is 0.251 e. The van der Waals surface area contributed by atoms with Gasteiger partial charge in [-0.05, 0) is 63.9 Å². The van der Waals surface area contributed by atoms with Crippen molar-refractivity contribution in [2.75, 3.05) is 39.4 Å². The van der Waals surface area contributed by atoms with Gasteiger partial charge in [-0.3, -0.25) is 9.69 Å². The van der Waals surface area contributed by atoms with E-state index in [-0.39, 0.29) is 17.6 Å². The maximum Gasteiger partial charge on any atom is 0.251 e. The van der Waals surface area contributed by atoms with Gasteiger partial charge in [0.1, 0.15) is 17.1 Å². The second-order valence-corrected chi connectivity index (χ2v) is 9.50. The number of furan rings is 1. The Kier molecular flexibility index (Phi) is 7.33. The Bertz CT molecular complexity index is 893. The number of hydrogen-bond donors (Lipinski definition) is 1. The third-order valence-corrected chi connectivity index (χ3v) is 6.70. The van der Waals surface area contributed by atoms with Crippen molar-refractivity contribution in [3.63, 3.8) is 0 Å². The molecule has 3 atom stereocenters. The predicted octanol–water partition coefficient (Wildman–Crippen LogP) is 4.07. The van der Waals surface area contributed by atoms with Gasteiger partial charge in [0, 0.05) is 31.1 Å². The van der Waals surface area contributed by atoms with Gasteiger partial charge < -0.3 is 19.2 Å². The lowest BCUT2D eigenvalue weighted by atomic mass is 9.99. The molecule has 2 aliphatic rings. The first-order valence-corrected chi connectivity index (χ1v) is 11.8. The summed E-state index contributed by atoms with van der Waals surface area (Å²) < 4.78 is 18.2. The standard InChI is InChI=1S/C26H36N2O4/c1-19-4-7-22(8-5-19)25(29)27-16-23-10-12-26(32-23)17-28(14-15-30-18-26)13-11-20(2)24-9-6-21(3)31-24/h4-9,20,23H,10-18H2,1-3H3,(H,27,29)/t20-,23+,26-/m0/s1. The Morgan fingerprint density at radius 2 is 2.03 bits per heavy atom. The zero-order valence-corrected chi connectivity index (χ0v) is 19.6. The highest BCUT2D eigenvalue weighted by Gasteiger charge is 2.43. The number of hydrogen-bond acceptors (Lipinski definition) is 5. The van der Waals surface area contributed by atoms with Gasteiger partial charge in [0.2, 0.25) is 0 Å². The Labute approximate surface area is 191 Å². The molecule has 0 aliphatic carbocycles. The van der Waals surface area contributed by atoms with Crippen LogP contribution >= 0.6 is 0 Å². The third kappa shape index (κ3) is 5.80. The number of carbonyl (C=O) groups is 1. The summed E-state index contributed by atoms with van der Waals surface area (Å²) in [5, 5.41) is 3.04. The minimum atomic E-state index is -0.278. The molecule has 1 aromatic heterocycles. The van der Waals surface area contributed by atoms with Crippen LogP contribution in [0.25, 0.3) is 0 Å². The third-order valence-electron chi connectivity index (χ3n) is 6.70. The van der Waals surface area contributed by atoms with Gasteiger partial charge in [-0.2, -0.15) is 0 Å². The summed E-state index contributed by atoms with van der Waals surface area (Å²) in [5.74, 6) is 2.37. The van der Waals surface area contributed by atoms with Crippen LogP contribution in [0.5, 0.6) is 0 Å². The predicted molar refractivity (Wildman–Crippen MR) is 124 cm³/mol. The van der Waals surface area contributed by atoms with Crippen molar-refractivity contribution in [2.24, 2.45) is 0 Å². The van der Waals surface area contributed by atoms with Crippen LogP contribution in [0.2, 0.25) is 0 Å². The fourth-order valence-electron chi connectivity index (χ4n) is 4.69. The Balaban J connectivity index is 1.27. The number of ether oxygens (including phenoxy) is 2. The van der Waals surface area contributed by atoms with Crippen molar-refractivity contribution in [1.29, 1.82) is 0 Å². The molecule has 0 bridgehead atoms. The molecular weight excluding hydrogens is 404 g/mol. The minimum absolute atomic E-state index is 0.0259. The van der Waals surface area contributed by atoms with E-state index < -0.39 is 0 Å². The SMILES string of the molecule is Cc1ccc(C(=O)NC[C@H]2CC[C@]3(COCCN(CC[C@H](C)c4ccc(C)o4)C3)O2)cc1. The van der Waals surface area contributed by atoms with Crippen LogP contribution in [-0.4, -0.2) is 61.9 Å². The number of amides is 1. The number of carbonyl (C=O) groups excluding carboxylic acids is 1. The monoisotopic (exact) mass is 440 g/mol. The molecular formula is C26H36N2O4. The quantitative estimate of drug-likeness (QED) is 0.703. The van der Waals surface area contributed by atoms with Crippen molar-refractivity contribution in [2.45, 2.75) is 57.7 Å². The molecule has 6 nitrogen and oxygen atoms in total. The van der Waals surface area contributed by atoms with Crippen LogP contribution in [0.1, 0.15) is 59.5 Å². The lowest BCUT2D eigenvalue weighted by molar-refractivity contribution is -0.0845. The Morgan fingerprint density at radius 1 is 1.22 bits per heavy atom. The highest BCUT2D eigenvalue weighted by atomic mass is 16.6. The van der Waals surface area contributed by atoms with Crippen molar-refractivity contribution in [3.05, 3.63) is 59.0 Å². The van der Waals surface area contributed by atoms with Gasteiger partial charge in [-0.15, -0.1) is 0 Å². The molecule has 2 fully saturated rings. The normalized spacial score (nSPS) is 25.0. The zero-order chi connectivity index (χ0) is 22.6. The molecule has 1 aromatic carbocycles. The number of rotatable bonds is 7. The van der Waals surface area contributed by atoms with E-state index in [2.05, 4.69) is 23.2 Å². The molecule has 2 aliphatic heterocycles. The van der Waals surface area contributed by atoms with E-state index >= 15 is 0 Å². The highest BCUT2D eigenvalue weighted by molar-refractivity contribution is 5.94. The van der Waals surface area contributed by atoms with Gasteiger partial charge >= 0.3 is 0 Å². The molecule has 3 heterocycles. The fourth-order valence-corrected chi connectivity index (χ4v) is 4.69. The molecule has 2 saturated heterocycles. The average molecular weight is 441 g/mol. The van der Waals surface area contributed by atoms with E-state index in [1.54, 1.807) is 0 Å². The maximum atomic E-state index is 12.4. The summed E-state index contributed by atoms with van der Waals surface area (Å²) in [7, 11) is 0. The first kappa shape index (κ1) is 23.0. The Morgan fingerprint density at radius 3 is 2.78 bits per heavy atom. The lowest BCUT2D eigenvalue weighted by Crippen LogP contribution is -2.45. The fraction of sp³-hybridized carbons (Fsp3) is 0.577. The van der Waals surface area contributed by atoms with Crippen molar-refractivity contribution in [3.8, 4) is 0 Å². The van der Waals surface area contributed by atoms with E-state index in [1.165, 1.54) is 0 Å². The number of nitrogens with zero attached hydrogens (tertiary/aromatic N) is 1. The first-order chi connectivity index (χ1) is 15.4. The van der Waals surface area contributed by atoms with Crippen molar-refractivity contribution >= 4 is 5.91 Å². The molecule has 32 heavy (non-hydrogen) atoms. The highest BCUT2D eigenvalue weighted by Crippen LogP contribution is 2.33. The van der Waals surface area contributed by atoms with Gasteiger partial charge in [-0.1, -0.05) is 24.6 Å².